The Labute approximate surface area is 75.8 Å². The van der Waals surface area contributed by atoms with Crippen molar-refractivity contribution in [3.8, 4) is 0 Å². The maximum absolute atomic E-state index is 5.55. The van der Waals surface area contributed by atoms with Gasteiger partial charge in [-0.15, -0.1) is 12.4 Å². The summed E-state index contributed by atoms with van der Waals surface area (Å²) in [6, 6.07) is 3.58. The molecule has 64 valence electrons. The van der Waals surface area contributed by atoms with Gasteiger partial charge in [-0.3, -0.25) is 0 Å². The van der Waals surface area contributed by atoms with Crippen LogP contribution in [0.3, 0.4) is 0 Å². The van der Waals surface area contributed by atoms with Gasteiger partial charge in [0.05, 0.1) is 0 Å². The van der Waals surface area contributed by atoms with Crippen LogP contribution in [0.2, 0.25) is 0 Å². The molecule has 0 radical (unpaired) electrons. The highest BCUT2D eigenvalue weighted by molar-refractivity contribution is 5.85. The molecule has 0 aromatic carbocycles. The van der Waals surface area contributed by atoms with Gasteiger partial charge in [0.1, 0.15) is 5.82 Å². The molecule has 0 fully saturated rings. The van der Waals surface area contributed by atoms with E-state index in [4.69, 9.17) is 5.73 Å². The first kappa shape index (κ1) is 8.80. The third-order valence-electron chi connectivity index (χ3n) is 1.47. The number of nitrogen functional groups attached to an aromatic ring is 1. The van der Waals surface area contributed by atoms with E-state index in [0.717, 1.165) is 11.5 Å². The van der Waals surface area contributed by atoms with E-state index < -0.39 is 0 Å². The molecule has 2 heterocycles. The van der Waals surface area contributed by atoms with Crippen LogP contribution < -0.4 is 5.73 Å². The van der Waals surface area contributed by atoms with Gasteiger partial charge < -0.3 is 5.73 Å². The number of nitrogens with zero attached hydrogens (tertiary/aromatic N) is 3. The summed E-state index contributed by atoms with van der Waals surface area (Å²) < 4.78 is 1.70. The van der Waals surface area contributed by atoms with E-state index in [-0.39, 0.29) is 12.4 Å². The first-order chi connectivity index (χ1) is 5.25. The second-order valence-electron chi connectivity index (χ2n) is 2.42. The molecule has 4 nitrogen and oxygen atoms in total. The number of halogens is 1. The number of hydrogen-bond donors (Lipinski definition) is 1. The zero-order valence-electron chi connectivity index (χ0n) is 6.56. The molecule has 0 saturated heterocycles. The van der Waals surface area contributed by atoms with Crippen LogP contribution in [0.5, 0.6) is 0 Å². The Hall–Kier alpha value is -1.29. The number of aromatic nitrogens is 3. The molecule has 0 unspecified atom stereocenters. The van der Waals surface area contributed by atoms with Crippen molar-refractivity contribution in [1.29, 1.82) is 0 Å². The molecular weight excluding hydrogens is 176 g/mol. The number of anilines is 1. The van der Waals surface area contributed by atoms with Crippen LogP contribution in [0.1, 0.15) is 5.82 Å². The smallest absolute Gasteiger partial charge is 0.157 e. The Balaban J connectivity index is 0.000000720. The number of pyridine rings is 1. The zero-order valence-corrected chi connectivity index (χ0v) is 7.38. The lowest BCUT2D eigenvalue weighted by Gasteiger charge is -1.91. The molecule has 0 aliphatic rings. The summed E-state index contributed by atoms with van der Waals surface area (Å²) in [5.41, 5.74) is 7.06. The van der Waals surface area contributed by atoms with E-state index in [1.807, 2.05) is 6.92 Å². The Morgan fingerprint density at radius 3 is 3.00 bits per heavy atom. The average molecular weight is 185 g/mol. The van der Waals surface area contributed by atoms with Gasteiger partial charge in [0.25, 0.3) is 0 Å². The number of nitrogens with two attached hydrogens (primary N) is 1. The summed E-state index contributed by atoms with van der Waals surface area (Å²) in [5, 5.41) is 4.10. The Morgan fingerprint density at radius 2 is 2.25 bits per heavy atom. The number of hydrogen-bond acceptors (Lipinski definition) is 3. The number of rotatable bonds is 0. The van der Waals surface area contributed by atoms with Gasteiger partial charge in [0.2, 0.25) is 0 Å². The third kappa shape index (κ3) is 1.33. The summed E-state index contributed by atoms with van der Waals surface area (Å²) in [6.45, 7) is 1.85. The van der Waals surface area contributed by atoms with Gasteiger partial charge >= 0.3 is 0 Å². The van der Waals surface area contributed by atoms with Crippen LogP contribution in [0, 0.1) is 6.92 Å². The molecule has 0 bridgehead atoms. The monoisotopic (exact) mass is 184 g/mol. The Morgan fingerprint density at radius 1 is 1.50 bits per heavy atom. The summed E-state index contributed by atoms with van der Waals surface area (Å²) >= 11 is 0. The summed E-state index contributed by atoms with van der Waals surface area (Å²) in [6.07, 6.45) is 1.80. The van der Waals surface area contributed by atoms with Gasteiger partial charge in [0, 0.05) is 18.0 Å². The van der Waals surface area contributed by atoms with Crippen LogP contribution in [0.4, 0.5) is 5.69 Å². The Bertz CT molecular complexity index is 395. The maximum Gasteiger partial charge on any atom is 0.157 e. The minimum absolute atomic E-state index is 0. The molecule has 0 saturated carbocycles. The highest BCUT2D eigenvalue weighted by Crippen LogP contribution is 2.05. The van der Waals surface area contributed by atoms with Crippen LogP contribution in [-0.2, 0) is 0 Å². The zero-order chi connectivity index (χ0) is 7.84. The van der Waals surface area contributed by atoms with E-state index in [9.17, 15) is 0 Å². The lowest BCUT2D eigenvalue weighted by atomic mass is 10.4. The lowest BCUT2D eigenvalue weighted by Crippen LogP contribution is -1.89. The largest absolute Gasteiger partial charge is 0.399 e. The second-order valence-corrected chi connectivity index (χ2v) is 2.42. The first-order valence-corrected chi connectivity index (χ1v) is 3.34. The van der Waals surface area contributed by atoms with Gasteiger partial charge in [-0.25, -0.2) is 9.50 Å². The van der Waals surface area contributed by atoms with E-state index in [1.54, 1.807) is 22.8 Å². The average Bonchev–Trinajstić information content (AvgIpc) is 2.27. The first-order valence-electron chi connectivity index (χ1n) is 3.34. The topological polar surface area (TPSA) is 56.2 Å². The van der Waals surface area contributed by atoms with Crippen LogP contribution >= 0.6 is 12.4 Å². The Kier molecular flexibility index (Phi) is 2.19. The van der Waals surface area contributed by atoms with E-state index >= 15 is 0 Å². The van der Waals surface area contributed by atoms with Gasteiger partial charge in [-0.1, -0.05) is 0 Å². The SMILES string of the molecule is Cc1nc2cc(N)ccn2n1.Cl. The molecule has 2 aromatic heterocycles. The fraction of sp³-hybridized carbons (Fsp3) is 0.143. The number of aryl methyl sites for hydroxylation is 1. The third-order valence-corrected chi connectivity index (χ3v) is 1.47. The standard InChI is InChI=1S/C7H8N4.ClH/c1-5-9-7-4-6(8)2-3-11(7)10-5;/h2-4H,8H2,1H3;1H. The van der Waals surface area contributed by atoms with Crippen LogP contribution in [-0.4, -0.2) is 14.6 Å². The highest BCUT2D eigenvalue weighted by atomic mass is 35.5. The van der Waals surface area contributed by atoms with Crippen molar-refractivity contribution >= 4 is 23.7 Å². The lowest BCUT2D eigenvalue weighted by molar-refractivity contribution is 0.931. The van der Waals surface area contributed by atoms with E-state index in [0.29, 0.717) is 5.69 Å². The molecule has 5 heteroatoms. The predicted octanol–water partition coefficient (Wildman–Crippen LogP) is 1.04. The van der Waals surface area contributed by atoms with Crippen molar-refractivity contribution in [1.82, 2.24) is 14.6 Å². The van der Waals surface area contributed by atoms with E-state index in [1.165, 1.54) is 0 Å². The number of fused-ring (bicyclic) bond motifs is 1. The van der Waals surface area contributed by atoms with Gasteiger partial charge in [0.15, 0.2) is 5.65 Å². The molecule has 0 aliphatic carbocycles. The van der Waals surface area contributed by atoms with Crippen LogP contribution in [0.15, 0.2) is 18.3 Å². The van der Waals surface area contributed by atoms with Crippen molar-refractivity contribution in [3.05, 3.63) is 24.2 Å². The molecule has 0 aliphatic heterocycles. The van der Waals surface area contributed by atoms with Crippen molar-refractivity contribution in [3.63, 3.8) is 0 Å². The molecule has 2 aromatic rings. The van der Waals surface area contributed by atoms with E-state index in [2.05, 4.69) is 10.1 Å². The van der Waals surface area contributed by atoms with Gasteiger partial charge in [-0.2, -0.15) is 5.10 Å². The normalized spacial score (nSPS) is 9.75. The van der Waals surface area contributed by atoms with Crippen molar-refractivity contribution in [2.75, 3.05) is 5.73 Å². The summed E-state index contributed by atoms with van der Waals surface area (Å²) in [4.78, 5) is 4.15. The minimum Gasteiger partial charge on any atom is -0.399 e. The molecule has 0 atom stereocenters. The molecule has 0 amide bonds. The molecule has 0 spiro atoms. The fourth-order valence-electron chi connectivity index (χ4n) is 1.01. The molecule has 2 N–H and O–H groups in total. The summed E-state index contributed by atoms with van der Waals surface area (Å²) in [5.74, 6) is 0.760. The second kappa shape index (κ2) is 2.98. The highest BCUT2D eigenvalue weighted by Gasteiger charge is 1.97. The van der Waals surface area contributed by atoms with Gasteiger partial charge in [-0.05, 0) is 13.0 Å². The molecule has 2 rings (SSSR count). The minimum atomic E-state index is 0. The quantitative estimate of drug-likeness (QED) is 0.666. The maximum atomic E-state index is 5.55. The van der Waals surface area contributed by atoms with Crippen molar-refractivity contribution in [2.45, 2.75) is 6.92 Å². The van der Waals surface area contributed by atoms with Crippen molar-refractivity contribution < 1.29 is 0 Å². The molecular formula is C7H9ClN4. The van der Waals surface area contributed by atoms with Crippen LogP contribution in [0.25, 0.3) is 5.65 Å². The summed E-state index contributed by atoms with van der Waals surface area (Å²) in [7, 11) is 0. The van der Waals surface area contributed by atoms with Crippen molar-refractivity contribution in [2.24, 2.45) is 0 Å². The molecule has 12 heavy (non-hydrogen) atoms. The fourth-order valence-corrected chi connectivity index (χ4v) is 1.01. The predicted molar refractivity (Wildman–Crippen MR) is 49.4 cm³/mol.